The van der Waals surface area contributed by atoms with Crippen LogP contribution in [-0.2, 0) is 14.4 Å². The second-order valence-corrected chi connectivity index (χ2v) is 11.3. The van der Waals surface area contributed by atoms with Gasteiger partial charge in [0.25, 0.3) is 0 Å². The maximum absolute atomic E-state index is 13.8. The average molecular weight is 490 g/mol. The smallest absolute Gasteiger partial charge is 0.244 e. The summed E-state index contributed by atoms with van der Waals surface area (Å²) in [7, 11) is 0. The Labute approximate surface area is 205 Å². The standard InChI is InChI=1S/C25H35N3O5S/c1-5-16(13-29)28-21(23(31)26-14(3)4)25-12-11-18(34-25)19(20(25)24(28)32)22(30)27-15-7-9-17(10-8-15)33-6-2/h7-10,14,16,18-21,29H,5-6,11-13H2,1-4H3,(H,26,31)(H,27,30)/t16-,18+,19-,20-,21?,25?/m0/s1. The van der Waals surface area contributed by atoms with E-state index in [2.05, 4.69) is 10.6 Å². The number of hydrogen-bond acceptors (Lipinski definition) is 6. The van der Waals surface area contributed by atoms with E-state index in [0.29, 0.717) is 25.1 Å². The van der Waals surface area contributed by atoms with Crippen LogP contribution in [-0.4, -0.2) is 69.1 Å². The number of carbonyl (C=O) groups is 3. The van der Waals surface area contributed by atoms with Crippen molar-refractivity contribution in [2.24, 2.45) is 11.8 Å². The molecular weight excluding hydrogens is 454 g/mol. The molecule has 1 spiro atoms. The number of thioether (sulfide) groups is 1. The molecule has 186 valence electrons. The second kappa shape index (κ2) is 9.77. The van der Waals surface area contributed by atoms with Crippen molar-refractivity contribution in [3.8, 4) is 5.75 Å². The number of amides is 3. The monoisotopic (exact) mass is 489 g/mol. The first-order valence-corrected chi connectivity index (χ1v) is 13.1. The number of fused-ring (bicyclic) bond motifs is 1. The first kappa shape index (κ1) is 24.9. The van der Waals surface area contributed by atoms with E-state index in [1.165, 1.54) is 0 Å². The van der Waals surface area contributed by atoms with Crippen LogP contribution in [0.5, 0.6) is 5.75 Å². The minimum atomic E-state index is -0.692. The summed E-state index contributed by atoms with van der Waals surface area (Å²) in [5.41, 5.74) is 0.647. The molecule has 6 atom stereocenters. The van der Waals surface area contributed by atoms with E-state index in [4.69, 9.17) is 4.74 Å². The molecule has 3 heterocycles. The van der Waals surface area contributed by atoms with E-state index in [-0.39, 0.29) is 35.6 Å². The van der Waals surface area contributed by atoms with Gasteiger partial charge in [-0.3, -0.25) is 14.4 Å². The zero-order valence-corrected chi connectivity index (χ0v) is 21.1. The molecule has 34 heavy (non-hydrogen) atoms. The highest BCUT2D eigenvalue weighted by Gasteiger charge is 2.74. The molecular formula is C25H35N3O5S. The molecule has 2 bridgehead atoms. The molecule has 9 heteroatoms. The summed E-state index contributed by atoms with van der Waals surface area (Å²) in [6, 6.07) is 5.97. The largest absolute Gasteiger partial charge is 0.494 e. The number of likely N-dealkylation sites (tertiary alicyclic amines) is 1. The fraction of sp³-hybridized carbons (Fsp3) is 0.640. The molecule has 3 aliphatic heterocycles. The van der Waals surface area contributed by atoms with Gasteiger partial charge < -0.3 is 25.4 Å². The number of ether oxygens (including phenoxy) is 1. The molecule has 0 aliphatic carbocycles. The van der Waals surface area contributed by atoms with Gasteiger partial charge in [-0.25, -0.2) is 0 Å². The van der Waals surface area contributed by atoms with Gasteiger partial charge in [-0.1, -0.05) is 6.92 Å². The van der Waals surface area contributed by atoms with Gasteiger partial charge >= 0.3 is 0 Å². The Kier molecular flexibility index (Phi) is 7.14. The van der Waals surface area contributed by atoms with Crippen LogP contribution < -0.4 is 15.4 Å². The van der Waals surface area contributed by atoms with Crippen LogP contribution in [0.15, 0.2) is 24.3 Å². The van der Waals surface area contributed by atoms with Gasteiger partial charge in [0.1, 0.15) is 11.8 Å². The second-order valence-electron chi connectivity index (χ2n) is 9.66. The molecule has 8 nitrogen and oxygen atoms in total. The summed E-state index contributed by atoms with van der Waals surface area (Å²) >= 11 is 1.63. The Balaban J connectivity index is 1.64. The molecule has 3 fully saturated rings. The van der Waals surface area contributed by atoms with Gasteiger partial charge in [0.2, 0.25) is 17.7 Å². The fourth-order valence-corrected chi connectivity index (χ4v) is 8.09. The zero-order chi connectivity index (χ0) is 24.6. The van der Waals surface area contributed by atoms with Crippen LogP contribution in [0.3, 0.4) is 0 Å². The summed E-state index contributed by atoms with van der Waals surface area (Å²) in [5.74, 6) is -0.950. The van der Waals surface area contributed by atoms with Crippen molar-refractivity contribution in [3.63, 3.8) is 0 Å². The number of anilines is 1. The highest BCUT2D eigenvalue weighted by molar-refractivity contribution is 8.02. The Bertz CT molecular complexity index is 935. The van der Waals surface area contributed by atoms with E-state index in [0.717, 1.165) is 12.2 Å². The topological polar surface area (TPSA) is 108 Å². The quantitative estimate of drug-likeness (QED) is 0.492. The molecule has 0 aromatic heterocycles. The van der Waals surface area contributed by atoms with Gasteiger partial charge in [0.05, 0.1) is 35.8 Å². The molecule has 3 saturated heterocycles. The van der Waals surface area contributed by atoms with Crippen molar-refractivity contribution in [1.82, 2.24) is 10.2 Å². The number of hydrogen-bond donors (Lipinski definition) is 3. The first-order valence-electron chi connectivity index (χ1n) is 12.2. The van der Waals surface area contributed by atoms with Gasteiger partial charge in [-0.05, 0) is 64.3 Å². The molecule has 3 aliphatic rings. The highest BCUT2D eigenvalue weighted by atomic mass is 32.2. The lowest BCUT2D eigenvalue weighted by Gasteiger charge is -2.37. The molecule has 3 amide bonds. The molecule has 0 radical (unpaired) electrons. The van der Waals surface area contributed by atoms with Crippen molar-refractivity contribution >= 4 is 35.2 Å². The summed E-state index contributed by atoms with van der Waals surface area (Å²) in [6.07, 6.45) is 2.03. The molecule has 1 aromatic rings. The first-order chi connectivity index (χ1) is 16.3. The Hall–Kier alpha value is -2.26. The lowest BCUT2D eigenvalue weighted by atomic mass is 9.70. The average Bonchev–Trinajstić information content (AvgIpc) is 3.43. The number of aliphatic hydroxyl groups is 1. The van der Waals surface area contributed by atoms with Crippen molar-refractivity contribution in [2.45, 2.75) is 75.1 Å². The van der Waals surface area contributed by atoms with E-state index in [1.807, 2.05) is 27.7 Å². The van der Waals surface area contributed by atoms with E-state index >= 15 is 0 Å². The Morgan fingerprint density at radius 1 is 1.24 bits per heavy atom. The van der Waals surface area contributed by atoms with Crippen LogP contribution in [0.25, 0.3) is 0 Å². The van der Waals surface area contributed by atoms with Gasteiger partial charge in [-0.2, -0.15) is 0 Å². The SMILES string of the molecule is CCOc1ccc(NC(=O)[C@@H]2[C@H]3C(=O)N([C@@H](CC)CO)C(C(=O)NC(C)C)C34CC[C@H]2S4)cc1. The third-order valence-electron chi connectivity index (χ3n) is 7.23. The van der Waals surface area contributed by atoms with Crippen molar-refractivity contribution < 1.29 is 24.2 Å². The molecule has 3 N–H and O–H groups in total. The molecule has 2 unspecified atom stereocenters. The van der Waals surface area contributed by atoms with Crippen LogP contribution in [0, 0.1) is 11.8 Å². The van der Waals surface area contributed by atoms with Crippen LogP contribution in [0.4, 0.5) is 5.69 Å². The fourth-order valence-electron chi connectivity index (χ4n) is 5.89. The summed E-state index contributed by atoms with van der Waals surface area (Å²) < 4.78 is 4.82. The molecule has 4 rings (SSSR count). The number of nitrogens with zero attached hydrogens (tertiary/aromatic N) is 1. The third-order valence-corrected chi connectivity index (χ3v) is 9.18. The summed E-state index contributed by atoms with van der Waals surface area (Å²) in [6.45, 7) is 7.95. The highest BCUT2D eigenvalue weighted by Crippen LogP contribution is 2.66. The lowest BCUT2D eigenvalue weighted by molar-refractivity contribution is -0.142. The minimum Gasteiger partial charge on any atom is -0.494 e. The van der Waals surface area contributed by atoms with Crippen molar-refractivity contribution in [3.05, 3.63) is 24.3 Å². The van der Waals surface area contributed by atoms with Crippen molar-refractivity contribution in [1.29, 1.82) is 0 Å². The summed E-state index contributed by atoms with van der Waals surface area (Å²) in [4.78, 5) is 42.3. The van der Waals surface area contributed by atoms with Gasteiger partial charge in [0.15, 0.2) is 0 Å². The van der Waals surface area contributed by atoms with E-state index in [9.17, 15) is 19.5 Å². The van der Waals surface area contributed by atoms with Crippen molar-refractivity contribution in [2.75, 3.05) is 18.5 Å². The lowest BCUT2D eigenvalue weighted by Crippen LogP contribution is -2.57. The Morgan fingerprint density at radius 3 is 2.53 bits per heavy atom. The molecule has 1 aromatic carbocycles. The third kappa shape index (κ3) is 4.06. The van der Waals surface area contributed by atoms with Crippen LogP contribution in [0.1, 0.15) is 47.0 Å². The number of rotatable bonds is 9. The van der Waals surface area contributed by atoms with Crippen LogP contribution >= 0.6 is 11.8 Å². The predicted molar refractivity (Wildman–Crippen MR) is 132 cm³/mol. The predicted octanol–water partition coefficient (Wildman–Crippen LogP) is 2.41. The summed E-state index contributed by atoms with van der Waals surface area (Å²) in [5, 5.41) is 16.0. The number of nitrogens with one attached hydrogen (secondary N) is 2. The Morgan fingerprint density at radius 2 is 1.94 bits per heavy atom. The minimum absolute atomic E-state index is 0.0117. The number of carbonyl (C=O) groups excluding carboxylic acids is 3. The van der Waals surface area contributed by atoms with E-state index in [1.54, 1.807) is 40.9 Å². The van der Waals surface area contributed by atoms with Crippen LogP contribution in [0.2, 0.25) is 0 Å². The number of benzene rings is 1. The normalized spacial score (nSPS) is 30.4. The number of aliphatic hydroxyl groups excluding tert-OH is 1. The zero-order valence-electron chi connectivity index (χ0n) is 20.2. The molecule has 0 saturated carbocycles. The maximum Gasteiger partial charge on any atom is 0.244 e. The van der Waals surface area contributed by atoms with Gasteiger partial charge in [-0.15, -0.1) is 11.8 Å². The maximum atomic E-state index is 13.8. The van der Waals surface area contributed by atoms with Gasteiger partial charge in [0, 0.05) is 17.0 Å². The van der Waals surface area contributed by atoms with E-state index < -0.39 is 28.7 Å².